The monoisotopic (exact) mass is 514 g/mol. The first-order valence-corrected chi connectivity index (χ1v) is 14.2. The Kier molecular flexibility index (Phi) is 10.9. The van der Waals surface area contributed by atoms with E-state index in [1.807, 2.05) is 26.0 Å². The van der Waals surface area contributed by atoms with Crippen LogP contribution in [0.2, 0.25) is 0 Å². The number of rotatable bonds is 12. The van der Waals surface area contributed by atoms with Crippen LogP contribution in [-0.2, 0) is 5.41 Å². The Morgan fingerprint density at radius 1 is 0.750 bits per heavy atom. The van der Waals surface area contributed by atoms with E-state index in [1.165, 1.54) is 5.56 Å². The zero-order valence-electron chi connectivity index (χ0n) is 24.3. The number of hydrogen-bond donors (Lipinski definition) is 0. The van der Waals surface area contributed by atoms with E-state index in [9.17, 15) is 4.79 Å². The average Bonchev–Trinajstić information content (AvgIpc) is 2.74. The van der Waals surface area contributed by atoms with Crippen LogP contribution in [0.5, 0.6) is 17.2 Å². The number of carbonyl (C=O) groups is 1. The smallest absolute Gasteiger partial charge is 0.186 e. The first-order valence-electron chi connectivity index (χ1n) is 13.2. The second-order valence-electron chi connectivity index (χ2n) is 12.1. The maximum Gasteiger partial charge on any atom is 0.186 e. The SMILES string of the molecule is Cc1cc(C(C)(C)C)cc(C)c1C(=O)Pc1c(OCC(C)C)cc(OCC(C)C)cc1OCC(C)C. The molecule has 0 radical (unpaired) electrons. The molecular weight excluding hydrogens is 467 g/mol. The summed E-state index contributed by atoms with van der Waals surface area (Å²) in [5, 5.41) is 0.817. The molecule has 5 heteroatoms. The van der Waals surface area contributed by atoms with Crippen LogP contribution in [0.25, 0.3) is 0 Å². The number of benzene rings is 2. The van der Waals surface area contributed by atoms with Gasteiger partial charge in [0.05, 0.1) is 25.1 Å². The van der Waals surface area contributed by atoms with Gasteiger partial charge in [-0.25, -0.2) is 0 Å². The van der Waals surface area contributed by atoms with Gasteiger partial charge in [-0.3, -0.25) is 4.79 Å². The van der Waals surface area contributed by atoms with Crippen LogP contribution in [0.15, 0.2) is 24.3 Å². The van der Waals surface area contributed by atoms with Crippen molar-refractivity contribution in [1.82, 2.24) is 0 Å². The molecule has 0 aliphatic carbocycles. The molecule has 36 heavy (non-hydrogen) atoms. The van der Waals surface area contributed by atoms with Crippen molar-refractivity contribution in [3.8, 4) is 17.2 Å². The van der Waals surface area contributed by atoms with Crippen LogP contribution >= 0.6 is 8.58 Å². The van der Waals surface area contributed by atoms with E-state index in [4.69, 9.17) is 14.2 Å². The zero-order chi connectivity index (χ0) is 27.2. The molecule has 2 rings (SSSR count). The summed E-state index contributed by atoms with van der Waals surface area (Å²) in [6, 6.07) is 8.15. The molecule has 1 unspecified atom stereocenters. The summed E-state index contributed by atoms with van der Waals surface area (Å²) >= 11 is 0. The normalized spacial score (nSPS) is 12.3. The summed E-state index contributed by atoms with van der Waals surface area (Å²) in [6.07, 6.45) is 0. The van der Waals surface area contributed by atoms with Crippen molar-refractivity contribution in [2.75, 3.05) is 19.8 Å². The Morgan fingerprint density at radius 2 is 1.17 bits per heavy atom. The van der Waals surface area contributed by atoms with Gasteiger partial charge in [-0.2, -0.15) is 0 Å². The van der Waals surface area contributed by atoms with Crippen LogP contribution in [0.3, 0.4) is 0 Å². The number of hydrogen-bond acceptors (Lipinski definition) is 4. The van der Waals surface area contributed by atoms with Gasteiger partial charge in [-0.15, -0.1) is 0 Å². The van der Waals surface area contributed by atoms with Crippen molar-refractivity contribution in [3.63, 3.8) is 0 Å². The topological polar surface area (TPSA) is 44.8 Å². The Morgan fingerprint density at radius 3 is 1.56 bits per heavy atom. The van der Waals surface area contributed by atoms with Crippen molar-refractivity contribution in [2.24, 2.45) is 17.8 Å². The van der Waals surface area contributed by atoms with Crippen molar-refractivity contribution in [3.05, 3.63) is 46.5 Å². The fraction of sp³-hybridized carbons (Fsp3) is 0.581. The van der Waals surface area contributed by atoms with E-state index < -0.39 is 0 Å². The molecule has 0 aliphatic rings. The molecule has 200 valence electrons. The molecule has 4 nitrogen and oxygen atoms in total. The summed E-state index contributed by atoms with van der Waals surface area (Å²) in [7, 11) is -0.114. The highest BCUT2D eigenvalue weighted by molar-refractivity contribution is 7.66. The Hall–Kier alpha value is -2.06. The molecule has 0 bridgehead atoms. The molecule has 0 heterocycles. The molecule has 1 atom stereocenters. The maximum atomic E-state index is 13.8. The lowest BCUT2D eigenvalue weighted by molar-refractivity contribution is 0.108. The molecule has 0 aromatic heterocycles. The second-order valence-corrected chi connectivity index (χ2v) is 13.3. The number of carbonyl (C=O) groups excluding carboxylic acids is 1. The molecule has 0 fully saturated rings. The quantitative estimate of drug-likeness (QED) is 0.271. The van der Waals surface area contributed by atoms with E-state index in [-0.39, 0.29) is 19.5 Å². The maximum absolute atomic E-state index is 13.8. The third-order valence-electron chi connectivity index (χ3n) is 5.63. The second kappa shape index (κ2) is 13.0. The minimum absolute atomic E-state index is 0.0287. The molecule has 0 N–H and O–H groups in total. The summed E-state index contributed by atoms with van der Waals surface area (Å²) < 4.78 is 18.5. The molecule has 2 aromatic carbocycles. The molecule has 2 aromatic rings. The summed E-state index contributed by atoms with van der Waals surface area (Å²) in [5.41, 5.74) is 4.20. The van der Waals surface area contributed by atoms with E-state index in [2.05, 4.69) is 74.4 Å². The number of aryl methyl sites for hydroxylation is 2. The van der Waals surface area contributed by atoms with E-state index >= 15 is 0 Å². The number of ether oxygens (including phenoxy) is 3. The summed E-state index contributed by atoms with van der Waals surface area (Å²) in [4.78, 5) is 13.8. The third kappa shape index (κ3) is 8.80. The molecular formula is C31H47O4P. The predicted molar refractivity (Wildman–Crippen MR) is 154 cm³/mol. The fourth-order valence-corrected chi connectivity index (χ4v) is 4.99. The van der Waals surface area contributed by atoms with E-state index in [1.54, 1.807) is 0 Å². The summed E-state index contributed by atoms with van der Waals surface area (Å²) in [6.45, 7) is 25.1. The predicted octanol–water partition coefficient (Wildman–Crippen LogP) is 7.85. The van der Waals surface area contributed by atoms with Crippen LogP contribution in [-0.4, -0.2) is 25.3 Å². The van der Waals surface area contributed by atoms with Gasteiger partial charge < -0.3 is 14.2 Å². The first-order chi connectivity index (χ1) is 16.7. The highest BCUT2D eigenvalue weighted by Crippen LogP contribution is 2.37. The van der Waals surface area contributed by atoms with Crippen molar-refractivity contribution in [1.29, 1.82) is 0 Å². The lowest BCUT2D eigenvalue weighted by atomic mass is 9.84. The van der Waals surface area contributed by atoms with Crippen molar-refractivity contribution >= 4 is 19.4 Å². The largest absolute Gasteiger partial charge is 0.493 e. The molecule has 0 spiro atoms. The lowest BCUT2D eigenvalue weighted by Gasteiger charge is -2.23. The Bertz CT molecular complexity index is 975. The van der Waals surface area contributed by atoms with Gasteiger partial charge >= 0.3 is 0 Å². The third-order valence-corrected chi connectivity index (χ3v) is 6.85. The minimum Gasteiger partial charge on any atom is -0.493 e. The molecule has 0 amide bonds. The van der Waals surface area contributed by atoms with Crippen molar-refractivity contribution < 1.29 is 19.0 Å². The van der Waals surface area contributed by atoms with Crippen LogP contribution in [0, 0.1) is 31.6 Å². The minimum atomic E-state index is -0.114. The first kappa shape index (κ1) is 30.2. The van der Waals surface area contributed by atoms with Gasteiger partial charge in [0.1, 0.15) is 17.2 Å². The van der Waals surface area contributed by atoms with Crippen LogP contribution in [0.4, 0.5) is 0 Å². The standard InChI is InChI=1S/C31H47O4P/c1-19(2)16-33-25-14-26(34-17-20(3)4)29(27(15-25)35-18-21(5)6)36-30(32)28-22(7)12-24(13-23(28)8)31(9,10)11/h12-15,19-21,36H,16-18H2,1-11H3. The highest BCUT2D eigenvalue weighted by atomic mass is 31.1. The van der Waals surface area contributed by atoms with Crippen molar-refractivity contribution in [2.45, 2.75) is 81.6 Å². The van der Waals surface area contributed by atoms with Gasteiger partial charge in [0.15, 0.2) is 5.52 Å². The van der Waals surface area contributed by atoms with E-state index in [0.29, 0.717) is 54.8 Å². The molecule has 0 saturated heterocycles. The highest BCUT2D eigenvalue weighted by Gasteiger charge is 2.23. The van der Waals surface area contributed by atoms with Crippen LogP contribution < -0.4 is 19.5 Å². The summed E-state index contributed by atoms with van der Waals surface area (Å²) in [5.74, 6) is 3.17. The average molecular weight is 515 g/mol. The van der Waals surface area contributed by atoms with Gasteiger partial charge in [0.2, 0.25) is 0 Å². The Balaban J connectivity index is 2.54. The van der Waals surface area contributed by atoms with E-state index in [0.717, 1.165) is 22.0 Å². The zero-order valence-corrected chi connectivity index (χ0v) is 25.3. The van der Waals surface area contributed by atoms with Gasteiger partial charge in [0.25, 0.3) is 0 Å². The van der Waals surface area contributed by atoms with Gasteiger partial charge in [-0.05, 0) is 62.3 Å². The Labute approximate surface area is 221 Å². The molecule has 0 aliphatic heterocycles. The molecule has 0 saturated carbocycles. The lowest BCUT2D eigenvalue weighted by Crippen LogP contribution is -2.18. The van der Waals surface area contributed by atoms with Crippen LogP contribution in [0.1, 0.15) is 89.4 Å². The fourth-order valence-electron chi connectivity index (χ4n) is 3.71. The van der Waals surface area contributed by atoms with Gasteiger partial charge in [-0.1, -0.05) is 74.4 Å². The van der Waals surface area contributed by atoms with Gasteiger partial charge in [0, 0.05) is 17.7 Å².